The first-order chi connectivity index (χ1) is 13.2. The van der Waals surface area contributed by atoms with E-state index in [4.69, 9.17) is 4.74 Å². The summed E-state index contributed by atoms with van der Waals surface area (Å²) >= 11 is 0. The Kier molecular flexibility index (Phi) is 5.07. The molecule has 2 aromatic rings. The van der Waals surface area contributed by atoms with E-state index < -0.39 is 5.41 Å². The molecule has 0 saturated carbocycles. The molecule has 0 unspecified atom stereocenters. The Morgan fingerprint density at radius 2 is 1.70 bits per heavy atom. The summed E-state index contributed by atoms with van der Waals surface area (Å²) in [5.74, 6) is 0.805. The number of carbonyl (C=O) groups excluding carboxylic acids is 1. The predicted octanol–water partition coefficient (Wildman–Crippen LogP) is 2.62. The topological polar surface area (TPSA) is 45.7 Å². The molecule has 0 N–H and O–H groups in total. The SMILES string of the molecule is O=C(N1CCN(c2ccccn2)CC1)C1(c2ccc(F)cc2)CCOCC1. The summed E-state index contributed by atoms with van der Waals surface area (Å²) in [5, 5.41) is 0. The van der Waals surface area contributed by atoms with E-state index in [-0.39, 0.29) is 11.7 Å². The smallest absolute Gasteiger partial charge is 0.233 e. The number of benzene rings is 1. The highest BCUT2D eigenvalue weighted by Crippen LogP contribution is 2.37. The van der Waals surface area contributed by atoms with E-state index in [1.807, 2.05) is 23.1 Å². The van der Waals surface area contributed by atoms with Gasteiger partial charge in [0, 0.05) is 45.6 Å². The van der Waals surface area contributed by atoms with E-state index in [0.29, 0.717) is 39.1 Å². The van der Waals surface area contributed by atoms with E-state index in [2.05, 4.69) is 9.88 Å². The van der Waals surface area contributed by atoms with Crippen LogP contribution in [-0.4, -0.2) is 55.2 Å². The monoisotopic (exact) mass is 369 g/mol. The molecule has 3 heterocycles. The van der Waals surface area contributed by atoms with Gasteiger partial charge in [-0.1, -0.05) is 18.2 Å². The maximum atomic E-state index is 13.5. The summed E-state index contributed by atoms with van der Waals surface area (Å²) in [6.45, 7) is 3.96. The largest absolute Gasteiger partial charge is 0.381 e. The van der Waals surface area contributed by atoms with Gasteiger partial charge in [0.15, 0.2) is 0 Å². The van der Waals surface area contributed by atoms with Crippen LogP contribution in [-0.2, 0) is 14.9 Å². The number of hydrogen-bond donors (Lipinski definition) is 0. The Bertz CT molecular complexity index is 768. The van der Waals surface area contributed by atoms with Gasteiger partial charge in [-0.05, 0) is 42.7 Å². The van der Waals surface area contributed by atoms with Gasteiger partial charge in [0.05, 0.1) is 5.41 Å². The summed E-state index contributed by atoms with van der Waals surface area (Å²) in [5.41, 5.74) is 0.281. The van der Waals surface area contributed by atoms with Gasteiger partial charge in [0.2, 0.25) is 5.91 Å². The van der Waals surface area contributed by atoms with Crippen molar-refractivity contribution in [2.45, 2.75) is 18.3 Å². The number of aromatic nitrogens is 1. The second-order valence-electron chi connectivity index (χ2n) is 7.17. The van der Waals surface area contributed by atoms with Crippen molar-refractivity contribution >= 4 is 11.7 Å². The van der Waals surface area contributed by atoms with Gasteiger partial charge in [-0.15, -0.1) is 0 Å². The van der Waals surface area contributed by atoms with Crippen molar-refractivity contribution in [3.63, 3.8) is 0 Å². The Labute approximate surface area is 158 Å². The van der Waals surface area contributed by atoms with Crippen LogP contribution in [0.1, 0.15) is 18.4 Å². The minimum absolute atomic E-state index is 0.137. The highest BCUT2D eigenvalue weighted by Gasteiger charge is 2.44. The molecule has 2 aliphatic heterocycles. The Morgan fingerprint density at radius 3 is 2.33 bits per heavy atom. The standard InChI is InChI=1S/C21H24FN3O2/c22-18-6-4-17(5-7-18)21(8-15-27-16-9-21)20(26)25-13-11-24(12-14-25)19-3-1-2-10-23-19/h1-7,10H,8-9,11-16H2. The van der Waals surface area contributed by atoms with Gasteiger partial charge in [-0.3, -0.25) is 4.79 Å². The molecule has 0 radical (unpaired) electrons. The minimum Gasteiger partial charge on any atom is -0.381 e. The Morgan fingerprint density at radius 1 is 1.00 bits per heavy atom. The first kappa shape index (κ1) is 17.9. The van der Waals surface area contributed by atoms with E-state index in [9.17, 15) is 9.18 Å². The number of ether oxygens (including phenoxy) is 1. The van der Waals surface area contributed by atoms with Crippen LogP contribution >= 0.6 is 0 Å². The van der Waals surface area contributed by atoms with Crippen LogP contribution in [0, 0.1) is 5.82 Å². The van der Waals surface area contributed by atoms with E-state index in [1.165, 1.54) is 12.1 Å². The third-order valence-corrected chi connectivity index (χ3v) is 5.69. The zero-order valence-corrected chi connectivity index (χ0v) is 15.3. The maximum absolute atomic E-state index is 13.5. The number of hydrogen-bond acceptors (Lipinski definition) is 4. The van der Waals surface area contributed by atoms with Gasteiger partial charge in [-0.2, -0.15) is 0 Å². The number of piperazine rings is 1. The lowest BCUT2D eigenvalue weighted by atomic mass is 9.73. The van der Waals surface area contributed by atoms with Gasteiger partial charge in [0.1, 0.15) is 11.6 Å². The fourth-order valence-corrected chi connectivity index (χ4v) is 4.10. The molecule has 2 aliphatic rings. The highest BCUT2D eigenvalue weighted by molar-refractivity contribution is 5.88. The van der Waals surface area contributed by atoms with Crippen LogP contribution in [0.2, 0.25) is 0 Å². The zero-order chi connectivity index (χ0) is 18.7. The van der Waals surface area contributed by atoms with Crippen LogP contribution in [0.25, 0.3) is 0 Å². The molecule has 27 heavy (non-hydrogen) atoms. The molecule has 0 spiro atoms. The van der Waals surface area contributed by atoms with Gasteiger partial charge in [0.25, 0.3) is 0 Å². The van der Waals surface area contributed by atoms with Crippen LogP contribution in [0.4, 0.5) is 10.2 Å². The summed E-state index contributed by atoms with van der Waals surface area (Å²) in [4.78, 5) is 22.1. The molecule has 1 aromatic heterocycles. The van der Waals surface area contributed by atoms with E-state index >= 15 is 0 Å². The molecule has 142 valence electrons. The lowest BCUT2D eigenvalue weighted by Gasteiger charge is -2.43. The molecule has 0 aliphatic carbocycles. The second-order valence-corrected chi connectivity index (χ2v) is 7.17. The third kappa shape index (κ3) is 3.54. The number of nitrogens with zero attached hydrogens (tertiary/aromatic N) is 3. The van der Waals surface area contributed by atoms with E-state index in [1.54, 1.807) is 18.3 Å². The molecule has 0 atom stereocenters. The molecule has 2 fully saturated rings. The fourth-order valence-electron chi connectivity index (χ4n) is 4.10. The normalized spacial score (nSPS) is 19.7. The molecule has 5 nitrogen and oxygen atoms in total. The minimum atomic E-state index is -0.612. The Balaban J connectivity index is 1.52. The molecular weight excluding hydrogens is 345 g/mol. The first-order valence-electron chi connectivity index (χ1n) is 9.48. The number of anilines is 1. The molecule has 1 aromatic carbocycles. The fraction of sp³-hybridized carbons (Fsp3) is 0.429. The average molecular weight is 369 g/mol. The number of halogens is 1. The van der Waals surface area contributed by atoms with Crippen molar-refractivity contribution in [1.29, 1.82) is 0 Å². The van der Waals surface area contributed by atoms with E-state index in [0.717, 1.165) is 24.5 Å². The number of carbonyl (C=O) groups is 1. The van der Waals surface area contributed by atoms with Crippen LogP contribution in [0.3, 0.4) is 0 Å². The predicted molar refractivity (Wildman–Crippen MR) is 101 cm³/mol. The molecule has 2 saturated heterocycles. The highest BCUT2D eigenvalue weighted by atomic mass is 19.1. The zero-order valence-electron chi connectivity index (χ0n) is 15.3. The Hall–Kier alpha value is -2.47. The lowest BCUT2D eigenvalue weighted by molar-refractivity contribution is -0.141. The van der Waals surface area contributed by atoms with Crippen LogP contribution in [0.5, 0.6) is 0 Å². The molecular formula is C21H24FN3O2. The average Bonchev–Trinajstić information content (AvgIpc) is 2.75. The molecule has 4 rings (SSSR count). The van der Waals surface area contributed by atoms with Crippen molar-refractivity contribution in [3.05, 3.63) is 60.0 Å². The maximum Gasteiger partial charge on any atom is 0.233 e. The van der Waals surface area contributed by atoms with Gasteiger partial charge >= 0.3 is 0 Å². The van der Waals surface area contributed by atoms with Crippen molar-refractivity contribution in [2.75, 3.05) is 44.3 Å². The molecule has 6 heteroatoms. The number of pyridine rings is 1. The number of amides is 1. The van der Waals surface area contributed by atoms with Crippen molar-refractivity contribution in [1.82, 2.24) is 9.88 Å². The van der Waals surface area contributed by atoms with Crippen LogP contribution < -0.4 is 4.90 Å². The molecule has 1 amide bonds. The summed E-state index contributed by atoms with van der Waals surface area (Å²) < 4.78 is 18.9. The lowest BCUT2D eigenvalue weighted by Crippen LogP contribution is -2.56. The van der Waals surface area contributed by atoms with Crippen molar-refractivity contribution in [3.8, 4) is 0 Å². The van der Waals surface area contributed by atoms with Gasteiger partial charge in [-0.25, -0.2) is 9.37 Å². The third-order valence-electron chi connectivity index (χ3n) is 5.69. The van der Waals surface area contributed by atoms with Crippen LogP contribution in [0.15, 0.2) is 48.7 Å². The number of rotatable bonds is 3. The summed E-state index contributed by atoms with van der Waals surface area (Å²) in [6, 6.07) is 12.3. The quantitative estimate of drug-likeness (QED) is 0.834. The first-order valence-corrected chi connectivity index (χ1v) is 9.48. The van der Waals surface area contributed by atoms with Crippen molar-refractivity contribution in [2.24, 2.45) is 0 Å². The second kappa shape index (κ2) is 7.64. The van der Waals surface area contributed by atoms with Gasteiger partial charge < -0.3 is 14.5 Å². The molecule has 0 bridgehead atoms. The summed E-state index contributed by atoms with van der Waals surface area (Å²) in [6.07, 6.45) is 3.06. The summed E-state index contributed by atoms with van der Waals surface area (Å²) in [7, 11) is 0. The van der Waals surface area contributed by atoms with Crippen molar-refractivity contribution < 1.29 is 13.9 Å².